The Balaban J connectivity index is 2.18. The molecule has 0 aliphatic carbocycles. The molecule has 1 fully saturated rings. The number of pyridine rings is 1. The largest absolute Gasteiger partial charge is 0.465 e. The molecule has 2 atom stereocenters. The smallest absolute Gasteiger partial charge is 0.341 e. The highest BCUT2D eigenvalue weighted by atomic mass is 32.2. The average molecular weight is 295 g/mol. The van der Waals surface area contributed by atoms with Crippen LogP contribution >= 0.6 is 11.8 Å². The van der Waals surface area contributed by atoms with Crippen molar-refractivity contribution < 1.29 is 14.6 Å². The van der Waals surface area contributed by atoms with Crippen molar-refractivity contribution in [3.63, 3.8) is 0 Å². The van der Waals surface area contributed by atoms with Crippen LogP contribution in [0.3, 0.4) is 0 Å². The molecule has 0 aromatic carbocycles. The van der Waals surface area contributed by atoms with E-state index in [4.69, 9.17) is 4.74 Å². The fourth-order valence-electron chi connectivity index (χ4n) is 2.32. The van der Waals surface area contributed by atoms with Gasteiger partial charge in [0.2, 0.25) is 0 Å². The molecular weight excluding hydrogens is 282 g/mol. The van der Waals surface area contributed by atoms with E-state index >= 15 is 0 Å². The summed E-state index contributed by atoms with van der Waals surface area (Å²) in [6.45, 7) is 0. The lowest BCUT2D eigenvalue weighted by molar-refractivity contribution is 0.0599. The van der Waals surface area contributed by atoms with Crippen molar-refractivity contribution in [3.05, 3.63) is 28.3 Å². The van der Waals surface area contributed by atoms with Gasteiger partial charge in [0, 0.05) is 23.9 Å². The predicted octanol–water partition coefficient (Wildman–Crippen LogP) is 0.112. The van der Waals surface area contributed by atoms with Gasteiger partial charge in [0.1, 0.15) is 11.3 Å². The van der Waals surface area contributed by atoms with E-state index in [0.29, 0.717) is 17.0 Å². The molecule has 0 aromatic rings. The van der Waals surface area contributed by atoms with Crippen LogP contribution in [0, 0.1) is 0 Å². The number of H-pyrrole nitrogens is 1. The summed E-state index contributed by atoms with van der Waals surface area (Å²) in [6, 6.07) is -0.165. The number of rotatable bonds is 2. The highest BCUT2D eigenvalue weighted by Gasteiger charge is 2.30. The van der Waals surface area contributed by atoms with Crippen LogP contribution in [0.5, 0.6) is 0 Å². The Hall–Kier alpha value is -1.80. The first-order chi connectivity index (χ1) is 9.61. The molecule has 0 spiro atoms. The van der Waals surface area contributed by atoms with E-state index in [0.717, 1.165) is 5.75 Å². The molecule has 7 nitrogen and oxygen atoms in total. The van der Waals surface area contributed by atoms with Crippen LogP contribution in [0.4, 0.5) is 0 Å². The van der Waals surface area contributed by atoms with E-state index in [-0.39, 0.29) is 17.2 Å². The molecule has 0 saturated carbocycles. The summed E-state index contributed by atoms with van der Waals surface area (Å²) in [5.41, 5.74) is 0.460. The number of nitrogens with zero attached hydrogens (tertiary/aromatic N) is 2. The Morgan fingerprint density at radius 3 is 3.00 bits per heavy atom. The summed E-state index contributed by atoms with van der Waals surface area (Å²) < 4.78 is 6.43. The quantitative estimate of drug-likeness (QED) is 0.763. The van der Waals surface area contributed by atoms with Gasteiger partial charge in [-0.05, 0) is 0 Å². The fourth-order valence-corrected chi connectivity index (χ4v) is 3.56. The summed E-state index contributed by atoms with van der Waals surface area (Å²) in [5.74, 6) is 0.805. The maximum absolute atomic E-state index is 11.8. The van der Waals surface area contributed by atoms with Crippen molar-refractivity contribution in [2.75, 3.05) is 18.6 Å². The molecule has 3 heterocycles. The molecule has 8 heteroatoms. The molecule has 0 bridgehead atoms. The van der Waals surface area contributed by atoms with Crippen LogP contribution in [-0.2, 0) is 4.74 Å². The number of carbonyl (C=O) groups is 1. The van der Waals surface area contributed by atoms with Crippen molar-refractivity contribution in [2.45, 2.75) is 12.1 Å². The van der Waals surface area contributed by atoms with Crippen LogP contribution in [0.15, 0.2) is 17.2 Å². The molecule has 3 aliphatic rings. The van der Waals surface area contributed by atoms with Crippen molar-refractivity contribution >= 4 is 17.7 Å². The molecule has 0 aromatic heterocycles. The second-order valence-corrected chi connectivity index (χ2v) is 5.67. The topological polar surface area (TPSA) is 97.2 Å². The monoisotopic (exact) mass is 295 g/mol. The molecule has 2 N–H and O–H groups in total. The predicted molar refractivity (Wildman–Crippen MR) is 73.2 cm³/mol. The van der Waals surface area contributed by atoms with Crippen molar-refractivity contribution in [2.24, 2.45) is 0 Å². The second kappa shape index (κ2) is 4.95. The zero-order valence-corrected chi connectivity index (χ0v) is 11.5. The molecule has 106 valence electrons. The summed E-state index contributed by atoms with van der Waals surface area (Å²) in [6.07, 6.45) is 2.69. The van der Waals surface area contributed by atoms with E-state index in [1.54, 1.807) is 28.7 Å². The van der Waals surface area contributed by atoms with Crippen LogP contribution in [0.2, 0.25) is 0 Å². The van der Waals surface area contributed by atoms with Crippen LogP contribution < -0.4 is 5.56 Å². The first-order valence-electron chi connectivity index (χ1n) is 6.06. The number of aromatic amines is 1. The van der Waals surface area contributed by atoms with Gasteiger partial charge in [-0.15, -0.1) is 0 Å². The van der Waals surface area contributed by atoms with Crippen LogP contribution in [-0.4, -0.2) is 50.6 Å². The number of methoxy groups -OCH3 is 1. The number of aromatic nitrogens is 3. The highest BCUT2D eigenvalue weighted by molar-refractivity contribution is 7.99. The maximum Gasteiger partial charge on any atom is 0.341 e. The zero-order valence-electron chi connectivity index (χ0n) is 10.7. The Bertz CT molecular complexity index is 680. The maximum atomic E-state index is 11.8. The van der Waals surface area contributed by atoms with Crippen molar-refractivity contribution in [1.29, 1.82) is 0 Å². The van der Waals surface area contributed by atoms with Gasteiger partial charge in [0.15, 0.2) is 0 Å². The number of thioether (sulfide) groups is 1. The van der Waals surface area contributed by atoms with E-state index in [2.05, 4.69) is 10.2 Å². The normalized spacial score (nSPS) is 22.3. The van der Waals surface area contributed by atoms with Crippen molar-refractivity contribution in [1.82, 2.24) is 14.8 Å². The van der Waals surface area contributed by atoms with E-state index in [1.165, 1.54) is 7.11 Å². The minimum Gasteiger partial charge on any atom is -0.465 e. The van der Waals surface area contributed by atoms with Gasteiger partial charge < -0.3 is 14.4 Å². The standard InChI is InChI=1S/C12H13N3O4S/c1-19-12(18)7-3-15(8-4-20-5-9(8)16)2-6-10(7)13-14-11(6)17/h2-3,8-9,16H,4-5H2,1H3,(H,14,17)/t8-,9+/m0/s1. The number of ether oxygens (including phenoxy) is 1. The van der Waals surface area contributed by atoms with Gasteiger partial charge in [-0.2, -0.15) is 16.9 Å². The number of nitrogens with one attached hydrogen (secondary N) is 1. The molecular formula is C12H13N3O4S. The molecule has 0 radical (unpaired) electrons. The third-order valence-corrected chi connectivity index (χ3v) is 4.54. The number of aliphatic hydroxyl groups excluding tert-OH is 1. The number of esters is 1. The number of aliphatic hydroxyl groups is 1. The molecule has 3 rings (SSSR count). The molecule has 3 aliphatic heterocycles. The van der Waals surface area contributed by atoms with Gasteiger partial charge in [-0.1, -0.05) is 0 Å². The lowest BCUT2D eigenvalue weighted by Crippen LogP contribution is -2.24. The zero-order chi connectivity index (χ0) is 14.3. The number of fused-ring (bicyclic) bond motifs is 1. The molecule has 0 amide bonds. The number of carbonyl (C=O) groups excluding carboxylic acids is 1. The lowest BCUT2D eigenvalue weighted by atomic mass is 10.1. The molecule has 20 heavy (non-hydrogen) atoms. The van der Waals surface area contributed by atoms with Crippen LogP contribution in [0.1, 0.15) is 16.4 Å². The average Bonchev–Trinajstić information content (AvgIpc) is 3.04. The fraction of sp³-hybridized carbons (Fsp3) is 0.417. The van der Waals surface area contributed by atoms with Crippen LogP contribution in [0.25, 0.3) is 11.3 Å². The summed E-state index contributed by atoms with van der Waals surface area (Å²) in [5, 5.41) is 16.1. The number of hydrogen-bond donors (Lipinski definition) is 2. The van der Waals surface area contributed by atoms with Gasteiger partial charge in [-0.3, -0.25) is 4.79 Å². The first kappa shape index (κ1) is 13.2. The molecule has 0 unspecified atom stereocenters. The van der Waals surface area contributed by atoms with Gasteiger partial charge in [0.25, 0.3) is 5.56 Å². The SMILES string of the molecule is COC(=O)c1cn([C@H]2CSC[C@H]2O)cc2c(=O)[nH]nc1-2. The lowest BCUT2D eigenvalue weighted by Gasteiger charge is -2.20. The number of hydrogen-bond acceptors (Lipinski definition) is 6. The summed E-state index contributed by atoms with van der Waals surface area (Å²) >= 11 is 1.63. The van der Waals surface area contributed by atoms with Gasteiger partial charge in [-0.25, -0.2) is 9.89 Å². The Morgan fingerprint density at radius 1 is 1.55 bits per heavy atom. The third kappa shape index (κ3) is 2.01. The Kier molecular flexibility index (Phi) is 3.27. The third-order valence-electron chi connectivity index (χ3n) is 3.39. The Morgan fingerprint density at radius 2 is 2.35 bits per heavy atom. The first-order valence-corrected chi connectivity index (χ1v) is 7.21. The Labute approximate surface area is 118 Å². The minimum absolute atomic E-state index is 0.165. The van der Waals surface area contributed by atoms with Gasteiger partial charge in [0.05, 0.1) is 24.8 Å². The van der Waals surface area contributed by atoms with E-state index in [1.807, 2.05) is 0 Å². The van der Waals surface area contributed by atoms with Gasteiger partial charge >= 0.3 is 5.97 Å². The second-order valence-electron chi connectivity index (χ2n) is 4.60. The molecule has 1 saturated heterocycles. The summed E-state index contributed by atoms with van der Waals surface area (Å²) in [7, 11) is 1.27. The minimum atomic E-state index is -0.559. The van der Waals surface area contributed by atoms with Crippen molar-refractivity contribution in [3.8, 4) is 11.3 Å². The van der Waals surface area contributed by atoms with E-state index < -0.39 is 12.1 Å². The van der Waals surface area contributed by atoms with E-state index in [9.17, 15) is 14.7 Å². The summed E-state index contributed by atoms with van der Waals surface area (Å²) in [4.78, 5) is 23.6. The highest BCUT2D eigenvalue weighted by Crippen LogP contribution is 2.31.